The maximum atomic E-state index is 10.2. The minimum absolute atomic E-state index is 0. The molecule has 1 aromatic carbocycles. The fraction of sp³-hybridized carbons (Fsp3) is 0.125. The number of ether oxygens (including phenoxy) is 1. The van der Waals surface area contributed by atoms with Crippen LogP contribution in [0.2, 0.25) is 10.0 Å². The molecular weight excluding hydrogens is 306 g/mol. The van der Waals surface area contributed by atoms with Crippen molar-refractivity contribution in [1.29, 1.82) is 0 Å². The number of carboxylic acids is 1. The van der Waals surface area contributed by atoms with Gasteiger partial charge in [0.25, 0.3) is 0 Å². The largest absolute Gasteiger partial charge is 0.480 e. The predicted molar refractivity (Wildman–Crippen MR) is 49.6 cm³/mol. The summed E-state index contributed by atoms with van der Waals surface area (Å²) in [5.41, 5.74) is 0. The second kappa shape index (κ2) is 6.44. The van der Waals surface area contributed by atoms with Gasteiger partial charge in [-0.05, 0) is 18.2 Å². The molecule has 0 amide bonds. The smallest absolute Gasteiger partial charge is 0.341 e. The van der Waals surface area contributed by atoms with Gasteiger partial charge >= 0.3 is 5.97 Å². The summed E-state index contributed by atoms with van der Waals surface area (Å²) in [6.07, 6.45) is 0. The summed E-state index contributed by atoms with van der Waals surface area (Å²) in [5.74, 6) is -0.737. The summed E-state index contributed by atoms with van der Waals surface area (Å²) >= 11 is 11.3. The van der Waals surface area contributed by atoms with E-state index in [0.717, 1.165) is 0 Å². The van der Waals surface area contributed by atoms with Crippen molar-refractivity contribution in [3.8, 4) is 5.75 Å². The fourth-order valence-electron chi connectivity index (χ4n) is 0.732. The zero-order chi connectivity index (χ0) is 9.84. The van der Waals surface area contributed by atoms with Crippen molar-refractivity contribution in [2.24, 2.45) is 0 Å². The van der Waals surface area contributed by atoms with Crippen molar-refractivity contribution in [3.63, 3.8) is 0 Å². The van der Waals surface area contributed by atoms with Crippen LogP contribution in [0.3, 0.4) is 0 Å². The maximum absolute atomic E-state index is 10.2. The van der Waals surface area contributed by atoms with Crippen molar-refractivity contribution < 1.29 is 40.8 Å². The Balaban J connectivity index is 0.00000169. The summed E-state index contributed by atoms with van der Waals surface area (Å²) in [5, 5.41) is 9.11. The number of carboxylic acid groups (broad SMARTS) is 1. The Bertz CT molecular complexity index is 330. The van der Waals surface area contributed by atoms with E-state index in [-0.39, 0.29) is 26.2 Å². The number of rotatable bonds is 3. The van der Waals surface area contributed by atoms with E-state index in [0.29, 0.717) is 15.8 Å². The molecule has 0 bridgehead atoms. The predicted octanol–water partition coefficient (Wildman–Crippen LogP) is 2.45. The third-order valence-corrected chi connectivity index (χ3v) is 1.78. The number of halogens is 2. The van der Waals surface area contributed by atoms with Gasteiger partial charge in [0, 0.05) is 31.2 Å². The number of hydrogen-bond acceptors (Lipinski definition) is 2. The molecule has 0 unspecified atom stereocenters. The molecule has 6 heteroatoms. The Hall–Kier alpha value is -0.0469. The van der Waals surface area contributed by atoms with Crippen molar-refractivity contribution >= 4 is 29.2 Å². The van der Waals surface area contributed by atoms with Gasteiger partial charge < -0.3 is 9.84 Å². The van der Waals surface area contributed by atoms with Crippen LogP contribution in [0.15, 0.2) is 18.2 Å². The van der Waals surface area contributed by atoms with E-state index in [1.54, 1.807) is 6.07 Å². The van der Waals surface area contributed by atoms with Gasteiger partial charge in [0.15, 0.2) is 6.61 Å². The minimum Gasteiger partial charge on any atom is -0.480 e. The van der Waals surface area contributed by atoms with E-state index in [9.17, 15) is 4.79 Å². The zero-order valence-corrected chi connectivity index (χ0v) is 10.9. The van der Waals surface area contributed by atoms with E-state index in [1.165, 1.54) is 12.1 Å². The van der Waals surface area contributed by atoms with Crippen LogP contribution in [-0.4, -0.2) is 17.7 Å². The molecule has 0 radical (unpaired) electrons. The summed E-state index contributed by atoms with van der Waals surface area (Å²) in [6.45, 7) is -0.415. The second-order valence-corrected chi connectivity index (χ2v) is 3.10. The van der Waals surface area contributed by atoms with Crippen LogP contribution in [0.1, 0.15) is 0 Å². The van der Waals surface area contributed by atoms with Gasteiger partial charge in [0.05, 0.1) is 5.02 Å². The van der Waals surface area contributed by atoms with Gasteiger partial charge in [0.2, 0.25) is 0 Å². The van der Waals surface area contributed by atoms with E-state index < -0.39 is 12.6 Å². The molecule has 74 valence electrons. The Labute approximate surface area is 110 Å². The maximum Gasteiger partial charge on any atom is 0.341 e. The molecule has 0 spiro atoms. The van der Waals surface area contributed by atoms with E-state index >= 15 is 0 Å². The number of carbonyl (C=O) groups is 1. The first kappa shape index (κ1) is 14.0. The molecule has 1 N–H and O–H groups in total. The molecule has 1 rings (SSSR count). The number of aliphatic carboxylic acids is 1. The average Bonchev–Trinajstić information content (AvgIpc) is 2.02. The zero-order valence-electron chi connectivity index (χ0n) is 6.96. The Morgan fingerprint density at radius 1 is 1.43 bits per heavy atom. The normalized spacial score (nSPS) is 9.00. The molecule has 0 aliphatic heterocycles. The van der Waals surface area contributed by atoms with Crippen LogP contribution < -0.4 is 4.74 Å². The van der Waals surface area contributed by atoms with Crippen LogP contribution in [0.25, 0.3) is 0 Å². The monoisotopic (exact) mass is 310 g/mol. The van der Waals surface area contributed by atoms with Crippen molar-refractivity contribution in [2.45, 2.75) is 0 Å². The van der Waals surface area contributed by atoms with Crippen molar-refractivity contribution in [1.82, 2.24) is 0 Å². The Kier molecular flexibility index (Phi) is 6.42. The summed E-state index contributed by atoms with van der Waals surface area (Å²) in [7, 11) is 0. The van der Waals surface area contributed by atoms with E-state index in [4.69, 9.17) is 33.0 Å². The molecular formula is C8H6Cl2O3Zr. The van der Waals surface area contributed by atoms with Gasteiger partial charge in [0.1, 0.15) is 5.75 Å². The molecule has 14 heavy (non-hydrogen) atoms. The average molecular weight is 312 g/mol. The molecule has 0 heterocycles. The molecule has 0 aromatic heterocycles. The SMILES string of the molecule is O=C(O)COc1ccc(Cl)cc1Cl.[Zr]. The fourth-order valence-corrected chi connectivity index (χ4v) is 1.19. The number of benzene rings is 1. The molecule has 3 nitrogen and oxygen atoms in total. The Morgan fingerprint density at radius 3 is 2.57 bits per heavy atom. The molecule has 1 aromatic rings. The van der Waals surface area contributed by atoms with E-state index in [2.05, 4.69) is 0 Å². The summed E-state index contributed by atoms with van der Waals surface area (Å²) in [4.78, 5) is 10.2. The van der Waals surface area contributed by atoms with Crippen LogP contribution in [-0.2, 0) is 31.0 Å². The number of hydrogen-bond donors (Lipinski definition) is 1. The molecule has 0 saturated carbocycles. The summed E-state index contributed by atoms with van der Waals surface area (Å²) in [6, 6.07) is 4.58. The molecule has 0 aliphatic rings. The molecule has 0 fully saturated rings. The van der Waals surface area contributed by atoms with Gasteiger partial charge in [-0.3, -0.25) is 0 Å². The van der Waals surface area contributed by atoms with Crippen LogP contribution in [0, 0.1) is 0 Å². The molecule has 0 atom stereocenters. The molecule has 0 aliphatic carbocycles. The van der Waals surface area contributed by atoms with Gasteiger partial charge in [-0.2, -0.15) is 0 Å². The second-order valence-electron chi connectivity index (χ2n) is 2.26. The van der Waals surface area contributed by atoms with Gasteiger partial charge in [-0.1, -0.05) is 23.2 Å². The quantitative estimate of drug-likeness (QED) is 0.932. The van der Waals surface area contributed by atoms with Crippen LogP contribution in [0.4, 0.5) is 0 Å². The Morgan fingerprint density at radius 2 is 2.07 bits per heavy atom. The standard InChI is InChI=1S/C8H6Cl2O3.Zr/c9-5-1-2-7(6(10)3-5)13-4-8(11)12;/h1-3H,4H2,(H,11,12);. The van der Waals surface area contributed by atoms with Gasteiger partial charge in [-0.25, -0.2) is 4.79 Å². The topological polar surface area (TPSA) is 46.5 Å². The minimum atomic E-state index is -1.05. The first-order chi connectivity index (χ1) is 6.09. The van der Waals surface area contributed by atoms with Crippen LogP contribution in [0.5, 0.6) is 5.75 Å². The third kappa shape index (κ3) is 4.45. The third-order valence-electron chi connectivity index (χ3n) is 1.25. The van der Waals surface area contributed by atoms with Gasteiger partial charge in [-0.15, -0.1) is 0 Å². The van der Waals surface area contributed by atoms with Crippen molar-refractivity contribution in [3.05, 3.63) is 28.2 Å². The first-order valence-corrected chi connectivity index (χ1v) is 4.15. The molecule has 0 saturated heterocycles. The first-order valence-electron chi connectivity index (χ1n) is 3.39. The van der Waals surface area contributed by atoms with Crippen molar-refractivity contribution in [2.75, 3.05) is 6.61 Å². The van der Waals surface area contributed by atoms with E-state index in [1.807, 2.05) is 0 Å². The van der Waals surface area contributed by atoms with Crippen LogP contribution >= 0.6 is 23.2 Å². The summed E-state index contributed by atoms with van der Waals surface area (Å²) < 4.78 is 4.86.